The molecule has 96 valence electrons. The number of benzene rings is 1. The molecule has 1 aromatic carbocycles. The molecule has 0 aliphatic heterocycles. The summed E-state index contributed by atoms with van der Waals surface area (Å²) in [6.45, 7) is 2.38. The third-order valence-electron chi connectivity index (χ3n) is 2.19. The zero-order valence-electron chi connectivity index (χ0n) is 10.9. The van der Waals surface area contributed by atoms with E-state index in [1.807, 2.05) is 25.1 Å². The minimum Gasteiger partial charge on any atom is -0.748 e. The fraction of sp³-hybridized carbons (Fsp3) is 0.455. The summed E-state index contributed by atoms with van der Waals surface area (Å²) in [5.41, 5.74) is 1.90. The molecule has 0 radical (unpaired) electrons. The predicted molar refractivity (Wildman–Crippen MR) is 65.4 cm³/mol. The van der Waals surface area contributed by atoms with E-state index in [1.54, 1.807) is 7.11 Å². The van der Waals surface area contributed by atoms with Crippen LogP contribution in [0.4, 0.5) is 5.69 Å². The molecule has 0 atom stereocenters. The number of nitrogens with one attached hydrogen (secondary N) is 1. The van der Waals surface area contributed by atoms with E-state index in [0.29, 0.717) is 13.0 Å². The zero-order chi connectivity index (χ0) is 12.9. The fourth-order valence-corrected chi connectivity index (χ4v) is 1.95. The number of anilines is 1. The zero-order valence-corrected chi connectivity index (χ0v) is 13.7. The van der Waals surface area contributed by atoms with Gasteiger partial charge in [0.25, 0.3) is 0 Å². The summed E-state index contributed by atoms with van der Waals surface area (Å²) in [6.07, 6.45) is 0.294. The fourth-order valence-electron chi connectivity index (χ4n) is 1.45. The summed E-state index contributed by atoms with van der Waals surface area (Å²) in [4.78, 5) is 0. The van der Waals surface area contributed by atoms with E-state index in [-0.39, 0.29) is 35.3 Å². The van der Waals surface area contributed by atoms with Crippen LogP contribution in [-0.2, 0) is 10.1 Å². The minimum absolute atomic E-state index is 0. The van der Waals surface area contributed by atoms with Gasteiger partial charge in [0.1, 0.15) is 5.75 Å². The summed E-state index contributed by atoms with van der Waals surface area (Å²) in [6, 6.07) is 5.64. The molecule has 7 heteroatoms. The topological polar surface area (TPSA) is 78.5 Å². The molecule has 0 spiro atoms. The van der Waals surface area contributed by atoms with Crippen LogP contribution in [0.2, 0.25) is 0 Å². The van der Waals surface area contributed by atoms with Crippen molar-refractivity contribution in [1.82, 2.24) is 0 Å². The maximum absolute atomic E-state index is 10.4. The Morgan fingerprint density at radius 1 is 1.33 bits per heavy atom. The average molecular weight is 281 g/mol. The van der Waals surface area contributed by atoms with Gasteiger partial charge in [-0.3, -0.25) is 0 Å². The van der Waals surface area contributed by atoms with E-state index in [0.717, 1.165) is 17.0 Å². The van der Waals surface area contributed by atoms with Crippen LogP contribution in [0.5, 0.6) is 5.75 Å². The second-order valence-electron chi connectivity index (χ2n) is 3.78. The van der Waals surface area contributed by atoms with Crippen LogP contribution in [-0.4, -0.2) is 32.4 Å². The van der Waals surface area contributed by atoms with Gasteiger partial charge in [-0.15, -0.1) is 0 Å². The molecule has 1 rings (SSSR count). The molecule has 0 bridgehead atoms. The first kappa shape index (κ1) is 17.7. The van der Waals surface area contributed by atoms with Crippen LogP contribution in [0.15, 0.2) is 18.2 Å². The summed E-state index contributed by atoms with van der Waals surface area (Å²) >= 11 is 0. The minimum atomic E-state index is -4.11. The number of methoxy groups -OCH3 is 1. The molecule has 0 saturated heterocycles. The summed E-state index contributed by atoms with van der Waals surface area (Å²) in [5, 5.41) is 3.05. The second-order valence-corrected chi connectivity index (χ2v) is 5.30. The maximum Gasteiger partial charge on any atom is 1.00 e. The van der Waals surface area contributed by atoms with E-state index in [2.05, 4.69) is 5.32 Å². The van der Waals surface area contributed by atoms with Gasteiger partial charge in [-0.1, -0.05) is 0 Å². The first-order valence-corrected chi connectivity index (χ1v) is 6.81. The van der Waals surface area contributed by atoms with Crippen molar-refractivity contribution >= 4 is 15.8 Å². The molecule has 0 unspecified atom stereocenters. The Kier molecular flexibility index (Phi) is 7.89. The molecule has 1 aromatic rings. The van der Waals surface area contributed by atoms with Crippen LogP contribution in [0.1, 0.15) is 12.0 Å². The first-order valence-electron chi connectivity index (χ1n) is 5.24. The molecule has 0 aliphatic rings. The SMILES string of the molecule is COc1cc(C)cc(NCCCS(=O)(=O)[O-])c1.[Na+]. The normalized spacial score (nSPS) is 10.6. The standard InChI is InChI=1S/C11H17NO4S.Na/c1-9-6-10(8-11(7-9)16-2)12-4-3-5-17(13,14)15;/h6-8,12H,3-5H2,1-2H3,(H,13,14,15);/q;+1/p-1. The van der Waals surface area contributed by atoms with Crippen molar-refractivity contribution in [2.75, 3.05) is 24.7 Å². The Morgan fingerprint density at radius 2 is 2.00 bits per heavy atom. The number of rotatable bonds is 6. The van der Waals surface area contributed by atoms with Gasteiger partial charge in [-0.25, -0.2) is 8.42 Å². The summed E-state index contributed by atoms with van der Waals surface area (Å²) in [5.74, 6) is 0.395. The second kappa shape index (κ2) is 8.01. The number of ether oxygens (including phenoxy) is 1. The predicted octanol–water partition coefficient (Wildman–Crippen LogP) is -1.65. The molecule has 0 aliphatic carbocycles. The van der Waals surface area contributed by atoms with E-state index < -0.39 is 10.1 Å². The molecule has 0 amide bonds. The van der Waals surface area contributed by atoms with Crippen molar-refractivity contribution in [3.8, 4) is 5.75 Å². The molecule has 1 N–H and O–H groups in total. The van der Waals surface area contributed by atoms with Gasteiger partial charge >= 0.3 is 29.6 Å². The van der Waals surface area contributed by atoms with E-state index in [4.69, 9.17) is 4.74 Å². The Balaban J connectivity index is 0.00000289. The smallest absolute Gasteiger partial charge is 0.748 e. The van der Waals surface area contributed by atoms with Gasteiger partial charge in [0.15, 0.2) is 0 Å². The quantitative estimate of drug-likeness (QED) is 0.384. The Labute approximate surface area is 130 Å². The van der Waals surface area contributed by atoms with Gasteiger partial charge in [0.2, 0.25) is 0 Å². The van der Waals surface area contributed by atoms with Crippen LogP contribution < -0.4 is 39.6 Å². The van der Waals surface area contributed by atoms with E-state index in [1.165, 1.54) is 0 Å². The molecular formula is C11H16NNaO4S. The van der Waals surface area contributed by atoms with Crippen LogP contribution in [0.25, 0.3) is 0 Å². The van der Waals surface area contributed by atoms with Gasteiger partial charge in [-0.05, 0) is 31.0 Å². The van der Waals surface area contributed by atoms with Crippen LogP contribution in [0.3, 0.4) is 0 Å². The van der Waals surface area contributed by atoms with Crippen LogP contribution in [0, 0.1) is 6.92 Å². The van der Waals surface area contributed by atoms with Gasteiger partial charge in [0, 0.05) is 24.1 Å². The largest absolute Gasteiger partial charge is 1.00 e. The van der Waals surface area contributed by atoms with Gasteiger partial charge < -0.3 is 14.6 Å². The van der Waals surface area contributed by atoms with Crippen LogP contribution >= 0.6 is 0 Å². The number of aryl methyl sites for hydroxylation is 1. The molecule has 5 nitrogen and oxygen atoms in total. The van der Waals surface area contributed by atoms with Crippen molar-refractivity contribution in [2.45, 2.75) is 13.3 Å². The Morgan fingerprint density at radius 3 is 2.56 bits per heavy atom. The van der Waals surface area contributed by atoms with Gasteiger partial charge in [-0.2, -0.15) is 0 Å². The molecule has 18 heavy (non-hydrogen) atoms. The monoisotopic (exact) mass is 281 g/mol. The third-order valence-corrected chi connectivity index (χ3v) is 2.98. The Hall–Kier alpha value is -0.270. The van der Waals surface area contributed by atoms with Gasteiger partial charge in [0.05, 0.1) is 17.2 Å². The third kappa shape index (κ3) is 7.23. The van der Waals surface area contributed by atoms with Crippen molar-refractivity contribution in [1.29, 1.82) is 0 Å². The molecule has 0 aromatic heterocycles. The maximum atomic E-state index is 10.4. The number of hydrogen-bond donors (Lipinski definition) is 1. The summed E-state index contributed by atoms with van der Waals surface area (Å²) < 4.78 is 36.3. The Bertz CT molecular complexity index is 476. The molecule has 0 fully saturated rings. The number of hydrogen-bond acceptors (Lipinski definition) is 5. The van der Waals surface area contributed by atoms with E-state index >= 15 is 0 Å². The van der Waals surface area contributed by atoms with Crippen molar-refractivity contribution in [2.24, 2.45) is 0 Å². The molecule has 0 heterocycles. The van der Waals surface area contributed by atoms with Crippen molar-refractivity contribution in [3.63, 3.8) is 0 Å². The molecular weight excluding hydrogens is 265 g/mol. The van der Waals surface area contributed by atoms with Crippen molar-refractivity contribution in [3.05, 3.63) is 23.8 Å². The first-order chi connectivity index (χ1) is 7.90. The van der Waals surface area contributed by atoms with Crippen molar-refractivity contribution < 1.29 is 47.3 Å². The van der Waals surface area contributed by atoms with E-state index in [9.17, 15) is 13.0 Å². The summed E-state index contributed by atoms with van der Waals surface area (Å²) in [7, 11) is -2.53. The average Bonchev–Trinajstić information content (AvgIpc) is 2.22. The molecule has 0 saturated carbocycles.